The molecule has 1 N–H and O–H groups in total. The second-order valence-corrected chi connectivity index (χ2v) is 4.25. The van der Waals surface area contributed by atoms with Gasteiger partial charge in [0.15, 0.2) is 0 Å². The van der Waals surface area contributed by atoms with Crippen molar-refractivity contribution in [3.05, 3.63) is 0 Å². The highest BCUT2D eigenvalue weighted by Crippen LogP contribution is 2.49. The number of hydrogen-bond acceptors (Lipinski definition) is 1. The zero-order valence-corrected chi connectivity index (χ0v) is 6.84. The van der Waals surface area contributed by atoms with E-state index in [4.69, 9.17) is 0 Å². The Hall–Kier alpha value is 0.440. The number of rotatable bonds is 0. The van der Waals surface area contributed by atoms with Crippen molar-refractivity contribution in [2.24, 2.45) is 11.8 Å². The van der Waals surface area contributed by atoms with Crippen molar-refractivity contribution in [3.63, 3.8) is 0 Å². The summed E-state index contributed by atoms with van der Waals surface area (Å²) in [5.74, 6) is 1.17. The lowest BCUT2D eigenvalue weighted by molar-refractivity contribution is -0.0646. The van der Waals surface area contributed by atoms with E-state index < -0.39 is 0 Å². The van der Waals surface area contributed by atoms with E-state index in [9.17, 15) is 5.11 Å². The molecule has 0 spiro atoms. The SMILES string of the molecule is OC1C2CCCC1C2Br. The van der Waals surface area contributed by atoms with Gasteiger partial charge in [0.05, 0.1) is 6.10 Å². The molecule has 2 unspecified atom stereocenters. The van der Waals surface area contributed by atoms with Gasteiger partial charge in [-0.15, -0.1) is 0 Å². The molecule has 3 fully saturated rings. The standard InChI is InChI=1S/C7H11BrO/c8-6-4-2-1-3-5(6)7(4)9/h4-7,9H,1-3H2. The van der Waals surface area contributed by atoms with Crippen LogP contribution in [0.25, 0.3) is 0 Å². The van der Waals surface area contributed by atoms with Crippen molar-refractivity contribution >= 4 is 15.9 Å². The summed E-state index contributed by atoms with van der Waals surface area (Å²) < 4.78 is 0. The Morgan fingerprint density at radius 3 is 2.00 bits per heavy atom. The highest BCUT2D eigenvalue weighted by molar-refractivity contribution is 9.09. The fraction of sp³-hybridized carbons (Fsp3) is 1.00. The molecular formula is C7H11BrO. The highest BCUT2D eigenvalue weighted by atomic mass is 79.9. The zero-order valence-electron chi connectivity index (χ0n) is 5.26. The van der Waals surface area contributed by atoms with Gasteiger partial charge in [0.2, 0.25) is 0 Å². The van der Waals surface area contributed by atoms with Gasteiger partial charge in [0, 0.05) is 4.83 Å². The first-order valence-corrected chi connectivity index (χ1v) is 4.54. The molecule has 0 aromatic carbocycles. The first-order valence-electron chi connectivity index (χ1n) is 3.63. The van der Waals surface area contributed by atoms with Crippen LogP contribution in [0.3, 0.4) is 0 Å². The minimum Gasteiger partial charge on any atom is -0.392 e. The molecule has 0 amide bonds. The van der Waals surface area contributed by atoms with Crippen LogP contribution in [-0.2, 0) is 0 Å². The molecular weight excluding hydrogens is 180 g/mol. The molecule has 2 heteroatoms. The van der Waals surface area contributed by atoms with Crippen LogP contribution in [0.1, 0.15) is 19.3 Å². The van der Waals surface area contributed by atoms with E-state index in [2.05, 4.69) is 15.9 Å². The number of fused-ring (bicyclic) bond motifs is 2. The molecule has 0 heterocycles. The predicted molar refractivity (Wildman–Crippen MR) is 39.6 cm³/mol. The maximum absolute atomic E-state index is 9.37. The van der Waals surface area contributed by atoms with Gasteiger partial charge in [0.25, 0.3) is 0 Å². The smallest absolute Gasteiger partial charge is 0.0618 e. The van der Waals surface area contributed by atoms with Gasteiger partial charge in [-0.05, 0) is 24.7 Å². The molecule has 9 heavy (non-hydrogen) atoms. The van der Waals surface area contributed by atoms with Crippen LogP contribution in [0.2, 0.25) is 0 Å². The lowest BCUT2D eigenvalue weighted by Crippen LogP contribution is -2.54. The topological polar surface area (TPSA) is 20.2 Å². The summed E-state index contributed by atoms with van der Waals surface area (Å²) in [6.07, 6.45) is 3.82. The van der Waals surface area contributed by atoms with Crippen molar-refractivity contribution in [1.29, 1.82) is 0 Å². The van der Waals surface area contributed by atoms with Crippen LogP contribution in [0.5, 0.6) is 0 Å². The van der Waals surface area contributed by atoms with Crippen molar-refractivity contribution in [1.82, 2.24) is 0 Å². The molecule has 1 nitrogen and oxygen atoms in total. The fourth-order valence-electron chi connectivity index (χ4n) is 2.12. The van der Waals surface area contributed by atoms with E-state index >= 15 is 0 Å². The number of alkyl halides is 1. The van der Waals surface area contributed by atoms with E-state index in [-0.39, 0.29) is 6.10 Å². The van der Waals surface area contributed by atoms with Crippen molar-refractivity contribution in [3.8, 4) is 0 Å². The van der Waals surface area contributed by atoms with Crippen LogP contribution in [-0.4, -0.2) is 16.0 Å². The summed E-state index contributed by atoms with van der Waals surface area (Å²) in [6, 6.07) is 0. The molecule has 2 bridgehead atoms. The van der Waals surface area contributed by atoms with E-state index in [0.717, 1.165) is 0 Å². The normalized spacial score (nSPS) is 56.7. The molecule has 52 valence electrons. The molecule has 2 atom stereocenters. The highest BCUT2D eigenvalue weighted by Gasteiger charge is 2.50. The number of hydrogen-bond donors (Lipinski definition) is 1. The Bertz CT molecular complexity index is 104. The molecule has 0 aliphatic heterocycles. The van der Waals surface area contributed by atoms with Crippen molar-refractivity contribution in [2.45, 2.75) is 30.2 Å². The Morgan fingerprint density at radius 1 is 1.22 bits per heavy atom. The summed E-state index contributed by atoms with van der Waals surface area (Å²) >= 11 is 3.58. The molecule has 0 aromatic rings. The lowest BCUT2D eigenvalue weighted by atomic mass is 9.63. The van der Waals surface area contributed by atoms with E-state index in [1.807, 2.05) is 0 Å². The van der Waals surface area contributed by atoms with Crippen LogP contribution >= 0.6 is 15.9 Å². The first-order chi connectivity index (χ1) is 4.30. The number of aliphatic hydroxyl groups is 1. The van der Waals surface area contributed by atoms with Gasteiger partial charge < -0.3 is 5.11 Å². The monoisotopic (exact) mass is 190 g/mol. The molecule has 0 saturated heterocycles. The van der Waals surface area contributed by atoms with Crippen molar-refractivity contribution < 1.29 is 5.11 Å². The summed E-state index contributed by atoms with van der Waals surface area (Å²) in [5.41, 5.74) is 0. The first kappa shape index (κ1) is 6.17. The quantitative estimate of drug-likeness (QED) is 0.576. The Morgan fingerprint density at radius 2 is 1.78 bits per heavy atom. The van der Waals surface area contributed by atoms with E-state index in [0.29, 0.717) is 16.7 Å². The number of aliphatic hydroxyl groups excluding tert-OH is 1. The van der Waals surface area contributed by atoms with Gasteiger partial charge in [0.1, 0.15) is 0 Å². The maximum Gasteiger partial charge on any atom is 0.0618 e. The fourth-order valence-corrected chi connectivity index (χ4v) is 3.27. The van der Waals surface area contributed by atoms with Gasteiger partial charge in [-0.25, -0.2) is 0 Å². The molecule has 3 aliphatic rings. The third kappa shape index (κ3) is 0.695. The van der Waals surface area contributed by atoms with Gasteiger partial charge in [-0.1, -0.05) is 22.4 Å². The largest absolute Gasteiger partial charge is 0.392 e. The average molecular weight is 191 g/mol. The second-order valence-electron chi connectivity index (χ2n) is 3.19. The van der Waals surface area contributed by atoms with Crippen LogP contribution in [0.4, 0.5) is 0 Å². The average Bonchev–Trinajstić information content (AvgIpc) is 1.91. The predicted octanol–water partition coefficient (Wildman–Crippen LogP) is 1.54. The van der Waals surface area contributed by atoms with E-state index in [1.54, 1.807) is 0 Å². The van der Waals surface area contributed by atoms with Gasteiger partial charge >= 0.3 is 0 Å². The number of halogens is 1. The third-order valence-corrected chi connectivity index (χ3v) is 4.13. The molecule has 0 aromatic heterocycles. The van der Waals surface area contributed by atoms with Gasteiger partial charge in [-0.3, -0.25) is 0 Å². The Kier molecular flexibility index (Phi) is 1.34. The minimum absolute atomic E-state index is 0.0307. The summed E-state index contributed by atoms with van der Waals surface area (Å²) in [5, 5.41) is 9.37. The molecule has 3 aliphatic carbocycles. The van der Waals surface area contributed by atoms with Crippen molar-refractivity contribution in [2.75, 3.05) is 0 Å². The van der Waals surface area contributed by atoms with Crippen LogP contribution < -0.4 is 0 Å². The second kappa shape index (κ2) is 1.96. The zero-order chi connectivity index (χ0) is 6.43. The molecule has 3 rings (SSSR count). The summed E-state index contributed by atoms with van der Waals surface area (Å²) in [7, 11) is 0. The lowest BCUT2D eigenvalue weighted by Gasteiger charge is -2.51. The maximum atomic E-state index is 9.37. The van der Waals surface area contributed by atoms with Gasteiger partial charge in [-0.2, -0.15) is 0 Å². The molecule has 0 radical (unpaired) electrons. The summed E-state index contributed by atoms with van der Waals surface area (Å²) in [6.45, 7) is 0. The Labute approximate surface area is 63.6 Å². The summed E-state index contributed by atoms with van der Waals surface area (Å²) in [4.78, 5) is 0.640. The third-order valence-electron chi connectivity index (χ3n) is 2.77. The molecule has 3 saturated carbocycles. The Balaban J connectivity index is 2.08. The van der Waals surface area contributed by atoms with Crippen LogP contribution in [0.15, 0.2) is 0 Å². The van der Waals surface area contributed by atoms with E-state index in [1.165, 1.54) is 19.3 Å². The minimum atomic E-state index is 0.0307. The van der Waals surface area contributed by atoms with Crippen LogP contribution in [0, 0.1) is 11.8 Å².